The molecule has 0 saturated carbocycles. The lowest BCUT2D eigenvalue weighted by molar-refractivity contribution is 0.752. The number of hydrogen-bond acceptors (Lipinski definition) is 2. The molecule has 2 heteroatoms. The van der Waals surface area contributed by atoms with Gasteiger partial charge >= 0.3 is 0 Å². The van der Waals surface area contributed by atoms with Crippen LogP contribution >= 0.6 is 0 Å². The van der Waals surface area contributed by atoms with Crippen LogP contribution in [0.2, 0.25) is 0 Å². The number of rotatable bonds is 6. The summed E-state index contributed by atoms with van der Waals surface area (Å²) in [6.45, 7) is 10.5. The van der Waals surface area contributed by atoms with E-state index in [2.05, 4.69) is 23.8 Å². The van der Waals surface area contributed by atoms with E-state index in [0.717, 1.165) is 13.1 Å². The lowest BCUT2D eigenvalue weighted by Crippen LogP contribution is -2.22. The van der Waals surface area contributed by atoms with Gasteiger partial charge in [-0.3, -0.25) is 10.6 Å². The topological polar surface area (TPSA) is 24.1 Å². The summed E-state index contributed by atoms with van der Waals surface area (Å²) < 4.78 is 0. The maximum absolute atomic E-state index is 3.55. The Hall–Kier alpha value is -0.600. The third-order valence-corrected chi connectivity index (χ3v) is 0.729. The van der Waals surface area contributed by atoms with Crippen molar-refractivity contribution in [2.24, 2.45) is 0 Å². The third-order valence-electron chi connectivity index (χ3n) is 0.729. The van der Waals surface area contributed by atoms with Crippen molar-refractivity contribution < 1.29 is 0 Å². The van der Waals surface area contributed by atoms with E-state index in [0.29, 0.717) is 0 Å². The second-order valence-electron chi connectivity index (χ2n) is 1.54. The zero-order chi connectivity index (χ0) is 6.95. The van der Waals surface area contributed by atoms with Crippen molar-refractivity contribution in [1.82, 2.24) is 10.6 Å². The molecule has 0 amide bonds. The van der Waals surface area contributed by atoms with E-state index in [1.165, 1.54) is 0 Å². The minimum atomic E-state index is 0.796. The van der Waals surface area contributed by atoms with E-state index in [1.807, 2.05) is 0 Å². The molecular weight excluding hydrogens is 112 g/mol. The summed E-state index contributed by atoms with van der Waals surface area (Å²) in [6.07, 6.45) is 3.60. The summed E-state index contributed by atoms with van der Waals surface area (Å²) in [6, 6.07) is 0. The molecule has 9 heavy (non-hydrogen) atoms. The van der Waals surface area contributed by atoms with Crippen LogP contribution in [-0.4, -0.2) is 13.1 Å². The van der Waals surface area contributed by atoms with E-state index in [9.17, 15) is 0 Å². The van der Waals surface area contributed by atoms with E-state index in [1.54, 1.807) is 18.8 Å². The highest BCUT2D eigenvalue weighted by Gasteiger charge is 1.78. The predicted octanol–water partition coefficient (Wildman–Crippen LogP) is 0.657. The zero-order valence-electron chi connectivity index (χ0n) is 5.56. The summed E-state index contributed by atoms with van der Waals surface area (Å²) in [5, 5.41) is 5.94. The smallest absolute Gasteiger partial charge is 0.0871 e. The minimum absolute atomic E-state index is 0.796. The molecule has 0 aliphatic carbocycles. The number of hydrogen-bond donors (Lipinski definition) is 2. The minimum Gasteiger partial charge on any atom is -0.296 e. The third kappa shape index (κ3) is 7.40. The Morgan fingerprint density at radius 1 is 1.00 bits per heavy atom. The molecule has 0 rings (SSSR count). The quantitative estimate of drug-likeness (QED) is 0.402. The summed E-state index contributed by atoms with van der Waals surface area (Å²) >= 11 is 0. The standard InChI is InChI=1S/C7H13N2/c1-3-5-8-7-9-6-4-2/h3-4,7-9H,1-2,5-6H2. The van der Waals surface area contributed by atoms with Gasteiger partial charge in [0.1, 0.15) is 0 Å². The molecule has 0 aromatic heterocycles. The van der Waals surface area contributed by atoms with Crippen molar-refractivity contribution in [3.8, 4) is 0 Å². The Bertz CT molecular complexity index is 69.0. The highest BCUT2D eigenvalue weighted by Crippen LogP contribution is 1.64. The molecule has 1 radical (unpaired) electrons. The van der Waals surface area contributed by atoms with Crippen LogP contribution in [-0.2, 0) is 0 Å². The molecule has 0 heterocycles. The van der Waals surface area contributed by atoms with Gasteiger partial charge in [-0.1, -0.05) is 12.2 Å². The van der Waals surface area contributed by atoms with Crippen molar-refractivity contribution >= 4 is 0 Å². The van der Waals surface area contributed by atoms with Crippen molar-refractivity contribution in [3.05, 3.63) is 32.0 Å². The molecule has 2 nitrogen and oxygen atoms in total. The average molecular weight is 125 g/mol. The highest BCUT2D eigenvalue weighted by molar-refractivity contribution is 4.76. The van der Waals surface area contributed by atoms with Crippen LogP contribution in [0.1, 0.15) is 0 Å². The average Bonchev–Trinajstić information content (AvgIpc) is 1.89. The van der Waals surface area contributed by atoms with Gasteiger partial charge in [0.2, 0.25) is 0 Å². The van der Waals surface area contributed by atoms with Crippen LogP contribution in [0.3, 0.4) is 0 Å². The van der Waals surface area contributed by atoms with Gasteiger partial charge in [-0.25, -0.2) is 0 Å². The Balaban J connectivity index is 2.74. The number of nitrogens with one attached hydrogen (secondary N) is 2. The molecule has 0 aromatic rings. The van der Waals surface area contributed by atoms with Crippen molar-refractivity contribution in [3.63, 3.8) is 0 Å². The van der Waals surface area contributed by atoms with Crippen LogP contribution in [0.15, 0.2) is 25.3 Å². The SMILES string of the molecule is C=CCN[CH]NCC=C. The molecule has 0 aliphatic rings. The van der Waals surface area contributed by atoms with E-state index < -0.39 is 0 Å². The largest absolute Gasteiger partial charge is 0.296 e. The fourth-order valence-electron chi connectivity index (χ4n) is 0.357. The zero-order valence-corrected chi connectivity index (χ0v) is 5.56. The Kier molecular flexibility index (Phi) is 6.91. The van der Waals surface area contributed by atoms with E-state index >= 15 is 0 Å². The lowest BCUT2D eigenvalue weighted by Gasteiger charge is -1.98. The van der Waals surface area contributed by atoms with Gasteiger partial charge in [-0.2, -0.15) is 0 Å². The Morgan fingerprint density at radius 2 is 1.44 bits per heavy atom. The first-order valence-electron chi connectivity index (χ1n) is 2.92. The molecule has 2 N–H and O–H groups in total. The van der Waals surface area contributed by atoms with Crippen molar-refractivity contribution in [2.45, 2.75) is 0 Å². The summed E-state index contributed by atoms with van der Waals surface area (Å²) in [7, 11) is 0. The molecule has 0 saturated heterocycles. The summed E-state index contributed by atoms with van der Waals surface area (Å²) in [5.41, 5.74) is 0. The maximum atomic E-state index is 3.55. The molecule has 0 spiro atoms. The summed E-state index contributed by atoms with van der Waals surface area (Å²) in [5.74, 6) is 0. The lowest BCUT2D eigenvalue weighted by atomic mass is 10.6. The fourth-order valence-corrected chi connectivity index (χ4v) is 0.357. The maximum Gasteiger partial charge on any atom is 0.0871 e. The van der Waals surface area contributed by atoms with Gasteiger partial charge in [0, 0.05) is 13.1 Å². The predicted molar refractivity (Wildman–Crippen MR) is 40.7 cm³/mol. The monoisotopic (exact) mass is 125 g/mol. The molecular formula is C7H13N2. The first-order chi connectivity index (χ1) is 4.41. The highest BCUT2D eigenvalue weighted by atomic mass is 15.0. The van der Waals surface area contributed by atoms with Gasteiger partial charge in [-0.05, 0) is 0 Å². The second-order valence-corrected chi connectivity index (χ2v) is 1.54. The normalized spacial score (nSPS) is 8.89. The Morgan fingerprint density at radius 3 is 1.78 bits per heavy atom. The van der Waals surface area contributed by atoms with Crippen LogP contribution < -0.4 is 10.6 Å². The first-order valence-corrected chi connectivity index (χ1v) is 2.92. The molecule has 0 atom stereocenters. The molecule has 0 fully saturated rings. The molecule has 0 aliphatic heterocycles. The second kappa shape index (κ2) is 7.40. The van der Waals surface area contributed by atoms with Crippen LogP contribution in [0.25, 0.3) is 0 Å². The van der Waals surface area contributed by atoms with Gasteiger partial charge < -0.3 is 0 Å². The summed E-state index contributed by atoms with van der Waals surface area (Å²) in [4.78, 5) is 0. The van der Waals surface area contributed by atoms with Gasteiger partial charge in [-0.15, -0.1) is 13.2 Å². The fraction of sp³-hybridized carbons (Fsp3) is 0.286. The Labute approximate surface area is 56.6 Å². The van der Waals surface area contributed by atoms with Crippen LogP contribution in [0.5, 0.6) is 0 Å². The van der Waals surface area contributed by atoms with Gasteiger partial charge in [0.15, 0.2) is 0 Å². The first kappa shape index (κ1) is 8.40. The van der Waals surface area contributed by atoms with E-state index in [4.69, 9.17) is 0 Å². The molecule has 51 valence electrons. The van der Waals surface area contributed by atoms with Crippen LogP contribution in [0.4, 0.5) is 0 Å². The molecule has 0 aromatic carbocycles. The van der Waals surface area contributed by atoms with Gasteiger partial charge in [0.05, 0.1) is 6.67 Å². The van der Waals surface area contributed by atoms with Crippen LogP contribution in [0, 0.1) is 6.67 Å². The van der Waals surface area contributed by atoms with Crippen molar-refractivity contribution in [2.75, 3.05) is 13.1 Å². The van der Waals surface area contributed by atoms with Crippen molar-refractivity contribution in [1.29, 1.82) is 0 Å². The molecule has 0 bridgehead atoms. The molecule has 0 unspecified atom stereocenters. The van der Waals surface area contributed by atoms with Gasteiger partial charge in [0.25, 0.3) is 0 Å². The van der Waals surface area contributed by atoms with E-state index in [-0.39, 0.29) is 0 Å².